The molecule has 0 aliphatic carbocycles. The Labute approximate surface area is 173 Å². The van der Waals surface area contributed by atoms with Gasteiger partial charge in [0.1, 0.15) is 5.76 Å². The highest BCUT2D eigenvalue weighted by atomic mass is 79.9. The van der Waals surface area contributed by atoms with Crippen molar-refractivity contribution < 1.29 is 17.6 Å². The third kappa shape index (κ3) is 5.07. The molecular weight excluding hydrogens is 500 g/mol. The zero-order valence-corrected chi connectivity index (χ0v) is 17.8. The first-order valence-corrected chi connectivity index (χ1v) is 10.8. The Kier molecular flexibility index (Phi) is 6.15. The number of nitrogens with one attached hydrogen (secondary N) is 2. The zero-order valence-electron chi connectivity index (χ0n) is 13.8. The Hall–Kier alpha value is -1.94. The van der Waals surface area contributed by atoms with Crippen molar-refractivity contribution >= 4 is 53.5 Å². The standard InChI is InChI=1S/C18H14Br2N2O4S/c19-13-4-6-14(7-5-13)22-18(23)12-3-8-16(20)17(10-12)27(24,25)21-11-15-2-1-9-26-15/h1-10,21H,11H2,(H,22,23). The minimum atomic E-state index is -3.84. The number of sulfonamides is 1. The second-order valence-corrected chi connectivity index (χ2v) is 9.02. The van der Waals surface area contributed by atoms with E-state index in [-0.39, 0.29) is 17.0 Å². The lowest BCUT2D eigenvalue weighted by Gasteiger charge is -2.10. The van der Waals surface area contributed by atoms with E-state index in [1.807, 2.05) is 0 Å². The highest BCUT2D eigenvalue weighted by Crippen LogP contribution is 2.24. The minimum Gasteiger partial charge on any atom is -0.468 e. The number of anilines is 1. The molecule has 1 amide bonds. The lowest BCUT2D eigenvalue weighted by atomic mass is 10.2. The molecule has 0 atom stereocenters. The lowest BCUT2D eigenvalue weighted by Crippen LogP contribution is -2.24. The fourth-order valence-corrected chi connectivity index (χ4v) is 4.49. The van der Waals surface area contributed by atoms with E-state index in [2.05, 4.69) is 41.9 Å². The molecule has 1 aromatic heterocycles. The van der Waals surface area contributed by atoms with Crippen LogP contribution in [-0.2, 0) is 16.6 Å². The molecule has 27 heavy (non-hydrogen) atoms. The summed E-state index contributed by atoms with van der Waals surface area (Å²) in [7, 11) is -3.84. The third-order valence-electron chi connectivity index (χ3n) is 3.60. The van der Waals surface area contributed by atoms with Gasteiger partial charge >= 0.3 is 0 Å². The van der Waals surface area contributed by atoms with Gasteiger partial charge < -0.3 is 9.73 Å². The second-order valence-electron chi connectivity index (χ2n) is 5.51. The molecule has 2 N–H and O–H groups in total. The van der Waals surface area contributed by atoms with E-state index in [1.54, 1.807) is 42.5 Å². The molecular formula is C18H14Br2N2O4S. The molecule has 0 saturated heterocycles. The van der Waals surface area contributed by atoms with Crippen molar-refractivity contribution in [2.75, 3.05) is 5.32 Å². The van der Waals surface area contributed by atoms with Crippen LogP contribution in [0.1, 0.15) is 16.1 Å². The summed E-state index contributed by atoms with van der Waals surface area (Å²) in [6.45, 7) is 0.0110. The van der Waals surface area contributed by atoms with Crippen LogP contribution in [-0.4, -0.2) is 14.3 Å². The summed E-state index contributed by atoms with van der Waals surface area (Å²) in [6.07, 6.45) is 1.46. The summed E-state index contributed by atoms with van der Waals surface area (Å²) in [4.78, 5) is 12.4. The van der Waals surface area contributed by atoms with Gasteiger partial charge in [0.05, 0.1) is 17.7 Å². The quantitative estimate of drug-likeness (QED) is 0.506. The SMILES string of the molecule is O=C(Nc1ccc(Br)cc1)c1ccc(Br)c(S(=O)(=O)NCc2ccco2)c1. The molecule has 0 bridgehead atoms. The third-order valence-corrected chi connectivity index (χ3v) is 6.53. The summed E-state index contributed by atoms with van der Waals surface area (Å²) in [5.74, 6) is 0.0751. The fraction of sp³-hybridized carbons (Fsp3) is 0.0556. The topological polar surface area (TPSA) is 88.4 Å². The molecule has 6 nitrogen and oxygen atoms in total. The lowest BCUT2D eigenvalue weighted by molar-refractivity contribution is 0.102. The number of carbonyl (C=O) groups excluding carboxylic acids is 1. The molecule has 1 heterocycles. The summed E-state index contributed by atoms with van der Waals surface area (Å²) in [6, 6.07) is 14.8. The maximum atomic E-state index is 12.6. The van der Waals surface area contributed by atoms with Crippen LogP contribution in [0, 0.1) is 0 Å². The number of hydrogen-bond donors (Lipinski definition) is 2. The van der Waals surface area contributed by atoms with Gasteiger partial charge in [-0.3, -0.25) is 4.79 Å². The van der Waals surface area contributed by atoms with Gasteiger partial charge in [-0.05, 0) is 70.5 Å². The number of amides is 1. The van der Waals surface area contributed by atoms with E-state index in [0.29, 0.717) is 15.9 Å². The smallest absolute Gasteiger partial charge is 0.255 e. The normalized spacial score (nSPS) is 11.3. The van der Waals surface area contributed by atoms with Gasteiger partial charge in [-0.15, -0.1) is 0 Å². The first kappa shape index (κ1) is 19.8. The monoisotopic (exact) mass is 512 g/mol. The van der Waals surface area contributed by atoms with Gasteiger partial charge in [0.25, 0.3) is 5.91 Å². The first-order chi connectivity index (χ1) is 12.8. The van der Waals surface area contributed by atoms with Crippen LogP contribution in [0.3, 0.4) is 0 Å². The molecule has 9 heteroatoms. The largest absolute Gasteiger partial charge is 0.468 e. The first-order valence-electron chi connectivity index (χ1n) is 7.74. The highest BCUT2D eigenvalue weighted by Gasteiger charge is 2.20. The minimum absolute atomic E-state index is 0.0110. The molecule has 3 aromatic rings. The maximum absolute atomic E-state index is 12.6. The Morgan fingerprint density at radius 3 is 2.44 bits per heavy atom. The highest BCUT2D eigenvalue weighted by molar-refractivity contribution is 9.10. The number of furan rings is 1. The molecule has 0 saturated carbocycles. The Bertz CT molecular complexity index is 1050. The molecule has 0 aliphatic heterocycles. The number of carbonyl (C=O) groups is 1. The van der Waals surface area contributed by atoms with Gasteiger partial charge in [-0.2, -0.15) is 0 Å². The van der Waals surface area contributed by atoms with Crippen molar-refractivity contribution in [3.8, 4) is 0 Å². The zero-order chi connectivity index (χ0) is 19.4. The van der Waals surface area contributed by atoms with Crippen LogP contribution < -0.4 is 10.0 Å². The van der Waals surface area contributed by atoms with Crippen LogP contribution in [0.2, 0.25) is 0 Å². The van der Waals surface area contributed by atoms with Crippen molar-refractivity contribution in [2.24, 2.45) is 0 Å². The van der Waals surface area contributed by atoms with Crippen LogP contribution in [0.4, 0.5) is 5.69 Å². The number of benzene rings is 2. The van der Waals surface area contributed by atoms with E-state index in [4.69, 9.17) is 4.42 Å². The Balaban J connectivity index is 1.80. The van der Waals surface area contributed by atoms with Crippen LogP contribution >= 0.6 is 31.9 Å². The van der Waals surface area contributed by atoms with E-state index in [1.165, 1.54) is 18.4 Å². The summed E-state index contributed by atoms with van der Waals surface area (Å²) in [5.41, 5.74) is 0.825. The number of rotatable bonds is 6. The van der Waals surface area contributed by atoms with E-state index in [9.17, 15) is 13.2 Å². The van der Waals surface area contributed by atoms with Gasteiger partial charge in [0, 0.05) is 20.2 Å². The van der Waals surface area contributed by atoms with E-state index < -0.39 is 15.9 Å². The van der Waals surface area contributed by atoms with Crippen molar-refractivity contribution in [2.45, 2.75) is 11.4 Å². The van der Waals surface area contributed by atoms with E-state index in [0.717, 1.165) is 4.47 Å². The second kappa shape index (κ2) is 8.39. The van der Waals surface area contributed by atoms with Crippen LogP contribution in [0.25, 0.3) is 0 Å². The summed E-state index contributed by atoms with van der Waals surface area (Å²) in [5, 5.41) is 2.73. The molecule has 2 aromatic carbocycles. The van der Waals surface area contributed by atoms with Crippen molar-refractivity contribution in [3.05, 3.63) is 81.1 Å². The Morgan fingerprint density at radius 1 is 1.04 bits per heavy atom. The molecule has 3 rings (SSSR count). The predicted molar refractivity (Wildman–Crippen MR) is 109 cm³/mol. The van der Waals surface area contributed by atoms with Crippen LogP contribution in [0.15, 0.2) is 79.1 Å². The summed E-state index contributed by atoms with van der Waals surface area (Å²) < 4.78 is 34.0. The molecule has 0 aliphatic rings. The van der Waals surface area contributed by atoms with Gasteiger partial charge in [0.2, 0.25) is 10.0 Å². The van der Waals surface area contributed by atoms with Gasteiger partial charge in [-0.25, -0.2) is 13.1 Å². The molecule has 0 unspecified atom stereocenters. The average molecular weight is 514 g/mol. The van der Waals surface area contributed by atoms with Gasteiger partial charge in [-0.1, -0.05) is 15.9 Å². The van der Waals surface area contributed by atoms with Gasteiger partial charge in [0.15, 0.2) is 0 Å². The van der Waals surface area contributed by atoms with Crippen molar-refractivity contribution in [1.29, 1.82) is 0 Å². The average Bonchev–Trinajstić information content (AvgIpc) is 3.16. The molecule has 0 radical (unpaired) electrons. The fourth-order valence-electron chi connectivity index (χ4n) is 2.24. The van der Waals surface area contributed by atoms with Crippen LogP contribution in [0.5, 0.6) is 0 Å². The molecule has 0 fully saturated rings. The maximum Gasteiger partial charge on any atom is 0.255 e. The number of hydrogen-bond acceptors (Lipinski definition) is 4. The van der Waals surface area contributed by atoms with Crippen molar-refractivity contribution in [1.82, 2.24) is 4.72 Å². The Morgan fingerprint density at radius 2 is 1.78 bits per heavy atom. The van der Waals surface area contributed by atoms with Crippen molar-refractivity contribution in [3.63, 3.8) is 0 Å². The number of halogens is 2. The predicted octanol–water partition coefficient (Wildman–Crippen LogP) is 4.54. The summed E-state index contributed by atoms with van der Waals surface area (Å²) >= 11 is 6.56. The molecule has 140 valence electrons. The van der Waals surface area contributed by atoms with E-state index >= 15 is 0 Å². The molecule has 0 spiro atoms.